The number of amides is 1. The molecule has 1 N–H and O–H groups in total. The van der Waals surface area contributed by atoms with E-state index in [1.165, 1.54) is 0 Å². The fourth-order valence-electron chi connectivity index (χ4n) is 3.74. The number of benzene rings is 1. The van der Waals surface area contributed by atoms with Crippen molar-refractivity contribution in [3.05, 3.63) is 24.3 Å². The standard InChI is InChI=1S/C19H28N2O4/c1-24-15-5-7-16(8-6-15)25-14-9-19(23)21-12-10-20(11-13-21)17-3-2-4-18(17)22/h5-8,17-18,22H,2-4,9-14H2,1H3/t17-,18+/m0/s1. The molecule has 1 aliphatic heterocycles. The highest BCUT2D eigenvalue weighted by Gasteiger charge is 2.33. The smallest absolute Gasteiger partial charge is 0.226 e. The quantitative estimate of drug-likeness (QED) is 0.845. The van der Waals surface area contributed by atoms with E-state index in [1.54, 1.807) is 7.11 Å². The van der Waals surface area contributed by atoms with Crippen LogP contribution in [0.15, 0.2) is 24.3 Å². The predicted molar refractivity (Wildman–Crippen MR) is 94.9 cm³/mol. The lowest BCUT2D eigenvalue weighted by Gasteiger charge is -2.39. The second-order valence-electron chi connectivity index (χ2n) is 6.76. The van der Waals surface area contributed by atoms with E-state index in [0.29, 0.717) is 13.0 Å². The number of aliphatic hydroxyl groups is 1. The number of hydrogen-bond donors (Lipinski definition) is 1. The van der Waals surface area contributed by atoms with E-state index in [9.17, 15) is 9.90 Å². The van der Waals surface area contributed by atoms with Gasteiger partial charge in [0.1, 0.15) is 11.5 Å². The number of carbonyl (C=O) groups excluding carboxylic acids is 1. The van der Waals surface area contributed by atoms with Gasteiger partial charge in [-0.1, -0.05) is 0 Å². The molecule has 3 rings (SSSR count). The number of carbonyl (C=O) groups is 1. The Morgan fingerprint density at radius 3 is 2.40 bits per heavy atom. The highest BCUT2D eigenvalue weighted by atomic mass is 16.5. The minimum absolute atomic E-state index is 0.139. The summed E-state index contributed by atoms with van der Waals surface area (Å²) in [5, 5.41) is 10.0. The van der Waals surface area contributed by atoms with Crippen molar-refractivity contribution in [3.63, 3.8) is 0 Å². The number of nitrogens with zero attached hydrogens (tertiary/aromatic N) is 2. The first-order valence-electron chi connectivity index (χ1n) is 9.14. The van der Waals surface area contributed by atoms with Crippen molar-refractivity contribution in [2.45, 2.75) is 37.8 Å². The van der Waals surface area contributed by atoms with Crippen LogP contribution in [0.4, 0.5) is 0 Å². The van der Waals surface area contributed by atoms with Crippen LogP contribution in [0.1, 0.15) is 25.7 Å². The summed E-state index contributed by atoms with van der Waals surface area (Å²) in [6.45, 7) is 3.57. The first-order chi connectivity index (χ1) is 12.2. The van der Waals surface area contributed by atoms with Gasteiger partial charge in [0.2, 0.25) is 5.91 Å². The van der Waals surface area contributed by atoms with E-state index in [-0.39, 0.29) is 18.1 Å². The molecule has 0 aromatic heterocycles. The average molecular weight is 348 g/mol. The second-order valence-corrected chi connectivity index (χ2v) is 6.76. The molecule has 1 aliphatic carbocycles. The van der Waals surface area contributed by atoms with E-state index in [4.69, 9.17) is 9.47 Å². The Morgan fingerprint density at radius 1 is 1.12 bits per heavy atom. The fraction of sp³-hybridized carbons (Fsp3) is 0.632. The molecule has 1 saturated heterocycles. The SMILES string of the molecule is COc1ccc(OCCC(=O)N2CCN([C@H]3CCC[C@H]3O)CC2)cc1. The number of rotatable bonds is 6. The topological polar surface area (TPSA) is 62.2 Å². The van der Waals surface area contributed by atoms with Gasteiger partial charge in [0, 0.05) is 32.2 Å². The van der Waals surface area contributed by atoms with Crippen LogP contribution >= 0.6 is 0 Å². The summed E-state index contributed by atoms with van der Waals surface area (Å²) < 4.78 is 10.7. The summed E-state index contributed by atoms with van der Waals surface area (Å²) >= 11 is 0. The van der Waals surface area contributed by atoms with Crippen molar-refractivity contribution in [1.82, 2.24) is 9.80 Å². The summed E-state index contributed by atoms with van der Waals surface area (Å²) in [4.78, 5) is 16.6. The Hall–Kier alpha value is -1.79. The van der Waals surface area contributed by atoms with Gasteiger partial charge in [0.05, 0.1) is 26.2 Å². The first kappa shape index (κ1) is 18.0. The van der Waals surface area contributed by atoms with Crippen molar-refractivity contribution in [2.24, 2.45) is 0 Å². The number of ether oxygens (including phenoxy) is 2. The fourth-order valence-corrected chi connectivity index (χ4v) is 3.74. The van der Waals surface area contributed by atoms with Gasteiger partial charge >= 0.3 is 0 Å². The van der Waals surface area contributed by atoms with Gasteiger partial charge in [-0.3, -0.25) is 9.69 Å². The molecule has 0 radical (unpaired) electrons. The number of piperazine rings is 1. The maximum atomic E-state index is 12.3. The molecule has 1 amide bonds. The van der Waals surface area contributed by atoms with Gasteiger partial charge in [0.25, 0.3) is 0 Å². The molecular weight excluding hydrogens is 320 g/mol. The van der Waals surface area contributed by atoms with Crippen LogP contribution in [0.5, 0.6) is 11.5 Å². The van der Waals surface area contributed by atoms with Gasteiger partial charge in [-0.2, -0.15) is 0 Å². The van der Waals surface area contributed by atoms with E-state index >= 15 is 0 Å². The molecule has 0 unspecified atom stereocenters. The van der Waals surface area contributed by atoms with Gasteiger partial charge in [-0.05, 0) is 43.5 Å². The molecule has 1 aromatic carbocycles. The lowest BCUT2D eigenvalue weighted by Crippen LogP contribution is -2.53. The highest BCUT2D eigenvalue weighted by Crippen LogP contribution is 2.25. The zero-order valence-electron chi connectivity index (χ0n) is 14.9. The van der Waals surface area contributed by atoms with Gasteiger partial charge in [-0.25, -0.2) is 0 Å². The molecule has 138 valence electrons. The van der Waals surface area contributed by atoms with E-state index < -0.39 is 0 Å². The molecule has 2 fully saturated rings. The zero-order valence-corrected chi connectivity index (χ0v) is 14.9. The predicted octanol–water partition coefficient (Wildman–Crippen LogP) is 1.52. The third-order valence-corrected chi connectivity index (χ3v) is 5.22. The lowest BCUT2D eigenvalue weighted by atomic mass is 10.1. The molecule has 1 aromatic rings. The second kappa shape index (κ2) is 8.54. The Kier molecular flexibility index (Phi) is 6.15. The van der Waals surface area contributed by atoms with Crippen molar-refractivity contribution in [2.75, 3.05) is 39.9 Å². The third-order valence-electron chi connectivity index (χ3n) is 5.22. The summed E-state index contributed by atoms with van der Waals surface area (Å²) in [6, 6.07) is 7.65. The average Bonchev–Trinajstić information content (AvgIpc) is 3.08. The van der Waals surface area contributed by atoms with Crippen molar-refractivity contribution < 1.29 is 19.4 Å². The van der Waals surface area contributed by atoms with Gasteiger partial charge < -0.3 is 19.5 Å². The molecule has 6 nitrogen and oxygen atoms in total. The normalized spacial score (nSPS) is 24.3. The van der Waals surface area contributed by atoms with E-state index in [0.717, 1.165) is 56.9 Å². The monoisotopic (exact) mass is 348 g/mol. The lowest BCUT2D eigenvalue weighted by molar-refractivity contribution is -0.134. The summed E-state index contributed by atoms with van der Waals surface area (Å²) in [7, 11) is 1.63. The summed E-state index contributed by atoms with van der Waals surface area (Å²) in [5.41, 5.74) is 0. The molecule has 2 atom stereocenters. The highest BCUT2D eigenvalue weighted by molar-refractivity contribution is 5.76. The van der Waals surface area contributed by atoms with Crippen LogP contribution in [0.2, 0.25) is 0 Å². The van der Waals surface area contributed by atoms with Gasteiger partial charge in [-0.15, -0.1) is 0 Å². The molecule has 6 heteroatoms. The van der Waals surface area contributed by atoms with Crippen LogP contribution in [0.25, 0.3) is 0 Å². The zero-order chi connectivity index (χ0) is 17.6. The number of hydrogen-bond acceptors (Lipinski definition) is 5. The van der Waals surface area contributed by atoms with E-state index in [1.807, 2.05) is 29.2 Å². The molecule has 1 saturated carbocycles. The molecule has 2 aliphatic rings. The van der Waals surface area contributed by atoms with E-state index in [2.05, 4.69) is 4.90 Å². The van der Waals surface area contributed by atoms with Crippen molar-refractivity contribution >= 4 is 5.91 Å². The van der Waals surface area contributed by atoms with Crippen LogP contribution in [0, 0.1) is 0 Å². The third kappa shape index (κ3) is 4.64. The van der Waals surface area contributed by atoms with Crippen LogP contribution in [-0.2, 0) is 4.79 Å². The van der Waals surface area contributed by atoms with Crippen molar-refractivity contribution in [3.8, 4) is 11.5 Å². The molecular formula is C19H28N2O4. The maximum absolute atomic E-state index is 12.3. The summed E-state index contributed by atoms with van der Waals surface area (Å²) in [5.74, 6) is 1.67. The summed E-state index contributed by atoms with van der Waals surface area (Å²) in [6.07, 6.45) is 3.28. The Balaban J connectivity index is 1.37. The molecule has 25 heavy (non-hydrogen) atoms. The minimum atomic E-state index is -0.194. The Bertz CT molecular complexity index is 555. The minimum Gasteiger partial charge on any atom is -0.497 e. The van der Waals surface area contributed by atoms with Crippen LogP contribution in [0.3, 0.4) is 0 Å². The Morgan fingerprint density at radius 2 is 1.80 bits per heavy atom. The largest absolute Gasteiger partial charge is 0.497 e. The van der Waals surface area contributed by atoms with Crippen molar-refractivity contribution in [1.29, 1.82) is 0 Å². The number of methoxy groups -OCH3 is 1. The maximum Gasteiger partial charge on any atom is 0.226 e. The first-order valence-corrected chi connectivity index (χ1v) is 9.14. The molecule has 0 bridgehead atoms. The molecule has 1 heterocycles. The van der Waals surface area contributed by atoms with Crippen LogP contribution < -0.4 is 9.47 Å². The van der Waals surface area contributed by atoms with Gasteiger partial charge in [0.15, 0.2) is 0 Å². The van der Waals surface area contributed by atoms with Crippen LogP contribution in [-0.4, -0.2) is 72.9 Å². The number of aliphatic hydroxyl groups excluding tert-OH is 1. The Labute approximate surface area is 149 Å². The molecule has 0 spiro atoms.